The molecule has 25 heavy (non-hydrogen) atoms. The Morgan fingerprint density at radius 2 is 2.04 bits per heavy atom. The van der Waals surface area contributed by atoms with Gasteiger partial charge < -0.3 is 9.84 Å². The van der Waals surface area contributed by atoms with Gasteiger partial charge in [0.25, 0.3) is 5.91 Å². The molecule has 0 radical (unpaired) electrons. The van der Waals surface area contributed by atoms with Crippen molar-refractivity contribution in [2.75, 3.05) is 7.11 Å². The molecule has 0 fully saturated rings. The van der Waals surface area contributed by atoms with Gasteiger partial charge in [-0.05, 0) is 36.8 Å². The second-order valence-electron chi connectivity index (χ2n) is 5.87. The molecule has 0 aliphatic carbocycles. The number of halogens is 1. The van der Waals surface area contributed by atoms with Gasteiger partial charge >= 0.3 is 0 Å². The summed E-state index contributed by atoms with van der Waals surface area (Å²) in [5, 5.41) is 16.9. The number of carbonyl (C=O) groups excluding carboxylic acids is 1. The maximum atomic E-state index is 13.0. The van der Waals surface area contributed by atoms with Crippen molar-refractivity contribution in [1.82, 2.24) is 5.01 Å². The van der Waals surface area contributed by atoms with E-state index in [4.69, 9.17) is 4.74 Å². The number of rotatable bonds is 4. The molecule has 0 saturated carbocycles. The van der Waals surface area contributed by atoms with Crippen molar-refractivity contribution in [3.05, 3.63) is 64.1 Å². The van der Waals surface area contributed by atoms with Crippen LogP contribution in [-0.4, -0.2) is 28.8 Å². The van der Waals surface area contributed by atoms with E-state index >= 15 is 0 Å². The summed E-state index contributed by atoms with van der Waals surface area (Å²) in [7, 11) is 1.58. The molecule has 0 spiro atoms. The molecule has 3 rings (SSSR count). The Morgan fingerprint density at radius 1 is 1.32 bits per heavy atom. The van der Waals surface area contributed by atoms with E-state index in [0.717, 1.165) is 10.2 Å². The summed E-state index contributed by atoms with van der Waals surface area (Å²) in [4.78, 5) is 13.0. The first-order valence-corrected chi connectivity index (χ1v) is 8.80. The Morgan fingerprint density at radius 3 is 2.64 bits per heavy atom. The molecule has 2 aromatic rings. The lowest BCUT2D eigenvalue weighted by Crippen LogP contribution is -2.43. The standard InChI is InChI=1S/C19H19BrN2O3/c1-3-16-12-19(24,14-7-9-17(25-2)10-8-14)22(21-16)18(23)13-5-4-6-15(20)11-13/h4-11,24H,3,12H2,1-2H3. The van der Waals surface area contributed by atoms with E-state index in [9.17, 15) is 9.90 Å². The molecule has 6 heteroatoms. The molecule has 1 atom stereocenters. The molecule has 0 bridgehead atoms. The molecule has 1 amide bonds. The molecule has 5 nitrogen and oxygen atoms in total. The van der Waals surface area contributed by atoms with Crippen molar-refractivity contribution in [2.45, 2.75) is 25.5 Å². The summed E-state index contributed by atoms with van der Waals surface area (Å²) < 4.78 is 5.96. The molecule has 1 heterocycles. The number of hydrazone groups is 1. The molecular formula is C19H19BrN2O3. The van der Waals surface area contributed by atoms with Crippen molar-refractivity contribution >= 4 is 27.5 Å². The minimum atomic E-state index is -1.50. The Balaban J connectivity index is 2.01. The first-order valence-electron chi connectivity index (χ1n) is 8.01. The van der Waals surface area contributed by atoms with E-state index in [1.807, 2.05) is 13.0 Å². The third kappa shape index (κ3) is 3.32. The number of carbonyl (C=O) groups is 1. The van der Waals surface area contributed by atoms with Crippen LogP contribution in [0.2, 0.25) is 0 Å². The van der Waals surface area contributed by atoms with Crippen LogP contribution >= 0.6 is 15.9 Å². The number of aliphatic hydroxyl groups is 1. The third-order valence-electron chi connectivity index (χ3n) is 4.27. The van der Waals surface area contributed by atoms with Crippen molar-refractivity contribution in [3.63, 3.8) is 0 Å². The lowest BCUT2D eigenvalue weighted by atomic mass is 9.96. The summed E-state index contributed by atoms with van der Waals surface area (Å²) in [5.74, 6) is 0.343. The Hall–Kier alpha value is -2.18. The number of benzene rings is 2. The van der Waals surface area contributed by atoms with Gasteiger partial charge in [-0.2, -0.15) is 10.1 Å². The SMILES string of the molecule is CCC1=NN(C(=O)c2cccc(Br)c2)C(O)(c2ccc(OC)cc2)C1. The largest absolute Gasteiger partial charge is 0.497 e. The molecule has 1 N–H and O–H groups in total. The third-order valence-corrected chi connectivity index (χ3v) is 4.76. The Bertz CT molecular complexity index is 820. The van der Waals surface area contributed by atoms with Crippen LogP contribution in [-0.2, 0) is 5.72 Å². The van der Waals surface area contributed by atoms with Gasteiger partial charge in [-0.15, -0.1) is 0 Å². The minimum absolute atomic E-state index is 0.287. The number of amides is 1. The zero-order valence-electron chi connectivity index (χ0n) is 14.1. The zero-order valence-corrected chi connectivity index (χ0v) is 15.7. The van der Waals surface area contributed by atoms with Gasteiger partial charge in [-0.25, -0.2) is 0 Å². The van der Waals surface area contributed by atoms with E-state index in [1.165, 1.54) is 5.01 Å². The van der Waals surface area contributed by atoms with Gasteiger partial charge in [0.2, 0.25) is 0 Å². The van der Waals surface area contributed by atoms with Gasteiger partial charge in [0.1, 0.15) is 5.75 Å². The second kappa shape index (κ2) is 6.98. The Labute approximate surface area is 155 Å². The average molecular weight is 403 g/mol. The molecule has 1 unspecified atom stereocenters. The number of methoxy groups -OCH3 is 1. The summed E-state index contributed by atoms with van der Waals surface area (Å²) in [6.07, 6.45) is 0.955. The summed E-state index contributed by atoms with van der Waals surface area (Å²) in [6, 6.07) is 14.1. The van der Waals surface area contributed by atoms with E-state index in [-0.39, 0.29) is 12.3 Å². The van der Waals surface area contributed by atoms with Crippen LogP contribution in [0.4, 0.5) is 0 Å². The van der Waals surface area contributed by atoms with Crippen molar-refractivity contribution in [3.8, 4) is 5.75 Å². The summed E-state index contributed by atoms with van der Waals surface area (Å²) >= 11 is 3.37. The number of ether oxygens (including phenoxy) is 1. The van der Waals surface area contributed by atoms with E-state index in [2.05, 4.69) is 21.0 Å². The fourth-order valence-corrected chi connectivity index (χ4v) is 3.25. The molecule has 2 aromatic carbocycles. The highest BCUT2D eigenvalue weighted by atomic mass is 79.9. The maximum absolute atomic E-state index is 13.0. The fraction of sp³-hybridized carbons (Fsp3) is 0.263. The fourth-order valence-electron chi connectivity index (χ4n) is 2.85. The van der Waals surface area contributed by atoms with Crippen LogP contribution in [0.25, 0.3) is 0 Å². The Kier molecular flexibility index (Phi) is 4.92. The molecule has 0 saturated heterocycles. The van der Waals surface area contributed by atoms with Crippen LogP contribution in [0.5, 0.6) is 5.75 Å². The lowest BCUT2D eigenvalue weighted by Gasteiger charge is -2.31. The van der Waals surface area contributed by atoms with Gasteiger partial charge in [0.05, 0.1) is 7.11 Å². The second-order valence-corrected chi connectivity index (χ2v) is 6.78. The van der Waals surface area contributed by atoms with Crippen LogP contribution in [0, 0.1) is 0 Å². The first kappa shape index (κ1) is 17.6. The molecule has 1 aliphatic heterocycles. The lowest BCUT2D eigenvalue weighted by molar-refractivity contribution is -0.0765. The van der Waals surface area contributed by atoms with Gasteiger partial charge in [-0.3, -0.25) is 4.79 Å². The quantitative estimate of drug-likeness (QED) is 0.842. The average Bonchev–Trinajstić information content (AvgIpc) is 2.99. The smallest absolute Gasteiger partial charge is 0.276 e. The molecule has 130 valence electrons. The topological polar surface area (TPSA) is 62.1 Å². The number of nitrogens with zero attached hydrogens (tertiary/aromatic N) is 2. The normalized spacial score (nSPS) is 19.7. The van der Waals surface area contributed by atoms with E-state index in [1.54, 1.807) is 49.6 Å². The summed E-state index contributed by atoms with van der Waals surface area (Å²) in [5.41, 5.74) is 0.338. The predicted molar refractivity (Wildman–Crippen MR) is 99.5 cm³/mol. The van der Waals surface area contributed by atoms with Gasteiger partial charge in [0.15, 0.2) is 5.72 Å². The van der Waals surface area contributed by atoms with Crippen molar-refractivity contribution < 1.29 is 14.6 Å². The van der Waals surface area contributed by atoms with Crippen molar-refractivity contribution in [1.29, 1.82) is 0 Å². The van der Waals surface area contributed by atoms with Crippen molar-refractivity contribution in [2.24, 2.45) is 5.10 Å². The highest BCUT2D eigenvalue weighted by Gasteiger charge is 2.45. The highest BCUT2D eigenvalue weighted by Crippen LogP contribution is 2.37. The monoisotopic (exact) mass is 402 g/mol. The van der Waals surface area contributed by atoms with Crippen LogP contribution in [0.3, 0.4) is 0 Å². The maximum Gasteiger partial charge on any atom is 0.276 e. The highest BCUT2D eigenvalue weighted by molar-refractivity contribution is 9.10. The predicted octanol–water partition coefficient (Wildman–Crippen LogP) is 3.91. The van der Waals surface area contributed by atoms with Gasteiger partial charge in [-0.1, -0.05) is 41.1 Å². The van der Waals surface area contributed by atoms with E-state index in [0.29, 0.717) is 23.3 Å². The van der Waals surface area contributed by atoms with Gasteiger partial charge in [0, 0.05) is 27.7 Å². The molecular weight excluding hydrogens is 384 g/mol. The molecule has 0 aromatic heterocycles. The molecule has 1 aliphatic rings. The van der Waals surface area contributed by atoms with Crippen LogP contribution in [0.1, 0.15) is 35.7 Å². The number of hydrogen-bond acceptors (Lipinski definition) is 4. The van der Waals surface area contributed by atoms with E-state index < -0.39 is 5.72 Å². The van der Waals surface area contributed by atoms with Crippen LogP contribution < -0.4 is 4.74 Å². The number of hydrogen-bond donors (Lipinski definition) is 1. The summed E-state index contributed by atoms with van der Waals surface area (Å²) in [6.45, 7) is 1.96. The zero-order chi connectivity index (χ0) is 18.0. The first-order chi connectivity index (χ1) is 12.0. The van der Waals surface area contributed by atoms with Crippen LogP contribution in [0.15, 0.2) is 58.1 Å². The minimum Gasteiger partial charge on any atom is -0.497 e.